The second kappa shape index (κ2) is 7.26. The summed E-state index contributed by atoms with van der Waals surface area (Å²) in [7, 11) is 0. The van der Waals surface area contributed by atoms with Crippen molar-refractivity contribution >= 4 is 11.8 Å². The Morgan fingerprint density at radius 1 is 1.40 bits per heavy atom. The molecule has 1 heterocycles. The monoisotopic (exact) mass is 341 g/mol. The Hall–Kier alpha value is -2.35. The quantitative estimate of drug-likeness (QED) is 0.860. The number of hydrogen-bond donors (Lipinski definition) is 1. The number of aliphatic imine (C=N–C) groups is 1. The van der Waals surface area contributed by atoms with E-state index in [1.165, 1.54) is 5.56 Å². The van der Waals surface area contributed by atoms with Crippen LogP contribution in [-0.4, -0.2) is 29.5 Å². The number of amides is 1. The number of ether oxygens (including phenoxy) is 1. The summed E-state index contributed by atoms with van der Waals surface area (Å²) >= 11 is 0. The first-order valence-corrected chi connectivity index (χ1v) is 8.71. The van der Waals surface area contributed by atoms with Crippen LogP contribution in [0.25, 0.3) is 0 Å². The van der Waals surface area contributed by atoms with Crippen molar-refractivity contribution in [3.8, 4) is 6.07 Å². The minimum absolute atomic E-state index is 0.171. The molecule has 1 unspecified atom stereocenters. The zero-order chi connectivity index (χ0) is 18.7. The van der Waals surface area contributed by atoms with Crippen LogP contribution in [0.2, 0.25) is 0 Å². The molecular weight excluding hydrogens is 314 g/mol. The van der Waals surface area contributed by atoms with Gasteiger partial charge in [0.05, 0.1) is 17.2 Å². The van der Waals surface area contributed by atoms with E-state index in [2.05, 4.69) is 23.3 Å². The number of rotatable bonds is 6. The zero-order valence-electron chi connectivity index (χ0n) is 15.7. The number of nitrogens with one attached hydrogen (secondary N) is 1. The molecule has 2 rings (SSSR count). The van der Waals surface area contributed by atoms with E-state index in [1.807, 2.05) is 52.0 Å². The normalized spacial score (nSPS) is 17.2. The van der Waals surface area contributed by atoms with Gasteiger partial charge in [-0.25, -0.2) is 4.99 Å². The molecule has 5 heteroatoms. The molecule has 1 aromatic rings. The fourth-order valence-electron chi connectivity index (χ4n) is 3.06. The van der Waals surface area contributed by atoms with E-state index >= 15 is 0 Å². The van der Waals surface area contributed by atoms with E-state index in [4.69, 9.17) is 10.00 Å². The summed E-state index contributed by atoms with van der Waals surface area (Å²) in [6.45, 7) is 10.5. The predicted molar refractivity (Wildman–Crippen MR) is 98.5 cm³/mol. The summed E-state index contributed by atoms with van der Waals surface area (Å²) < 4.78 is 5.42. The van der Waals surface area contributed by atoms with E-state index in [-0.39, 0.29) is 17.3 Å². The van der Waals surface area contributed by atoms with E-state index in [1.54, 1.807) is 0 Å². The average Bonchev–Trinajstić information content (AvgIpc) is 2.92. The number of nitriles is 1. The maximum atomic E-state index is 12.4. The first kappa shape index (κ1) is 19.0. The van der Waals surface area contributed by atoms with E-state index in [9.17, 15) is 4.79 Å². The first-order valence-electron chi connectivity index (χ1n) is 8.71. The third-order valence-corrected chi connectivity index (χ3v) is 4.37. The molecule has 1 aromatic carbocycles. The van der Waals surface area contributed by atoms with Crippen LogP contribution in [0, 0.1) is 11.3 Å². The molecule has 0 aliphatic carbocycles. The van der Waals surface area contributed by atoms with Crippen molar-refractivity contribution < 1.29 is 9.53 Å². The van der Waals surface area contributed by atoms with Gasteiger partial charge in [0, 0.05) is 5.54 Å². The fraction of sp³-hybridized carbons (Fsp3) is 0.550. The van der Waals surface area contributed by atoms with Gasteiger partial charge in [-0.2, -0.15) is 5.26 Å². The van der Waals surface area contributed by atoms with Gasteiger partial charge in [0.2, 0.25) is 0 Å². The number of carbonyl (C=O) groups is 1. The van der Waals surface area contributed by atoms with Crippen molar-refractivity contribution in [2.75, 3.05) is 6.61 Å². The van der Waals surface area contributed by atoms with Gasteiger partial charge in [-0.3, -0.25) is 4.79 Å². The van der Waals surface area contributed by atoms with Crippen LogP contribution in [0.1, 0.15) is 64.5 Å². The molecule has 5 nitrogen and oxygen atoms in total. The van der Waals surface area contributed by atoms with E-state index in [0.717, 1.165) is 12.8 Å². The van der Waals surface area contributed by atoms with E-state index < -0.39 is 5.54 Å². The van der Waals surface area contributed by atoms with Crippen molar-refractivity contribution in [3.63, 3.8) is 0 Å². The molecule has 0 radical (unpaired) electrons. The highest BCUT2D eigenvalue weighted by atomic mass is 16.5. The van der Waals surface area contributed by atoms with Gasteiger partial charge in [0.15, 0.2) is 0 Å². The van der Waals surface area contributed by atoms with E-state index in [0.29, 0.717) is 18.1 Å². The SMILES string of the molecule is CCC(CC(C)(C)NC(=O)C1=NC(C)(C)CO1)c1ccc(C#N)cc1. The Labute approximate surface area is 150 Å². The number of hydrogen-bond acceptors (Lipinski definition) is 4. The molecule has 0 aromatic heterocycles. The number of benzene rings is 1. The highest BCUT2D eigenvalue weighted by Gasteiger charge is 2.33. The van der Waals surface area contributed by atoms with Crippen LogP contribution < -0.4 is 5.32 Å². The maximum absolute atomic E-state index is 12.4. The predicted octanol–water partition coefficient (Wildman–Crippen LogP) is 3.54. The van der Waals surface area contributed by atoms with Crippen LogP contribution in [0.3, 0.4) is 0 Å². The lowest BCUT2D eigenvalue weighted by atomic mass is 9.84. The minimum atomic E-state index is -0.399. The largest absolute Gasteiger partial charge is 0.471 e. The van der Waals surface area contributed by atoms with Crippen molar-refractivity contribution in [1.29, 1.82) is 5.26 Å². The van der Waals surface area contributed by atoms with Crippen LogP contribution >= 0.6 is 0 Å². The first-order chi connectivity index (χ1) is 11.7. The van der Waals surface area contributed by atoms with Crippen molar-refractivity contribution in [3.05, 3.63) is 35.4 Å². The summed E-state index contributed by atoms with van der Waals surface area (Å²) in [4.78, 5) is 16.8. The Morgan fingerprint density at radius 2 is 2.04 bits per heavy atom. The van der Waals surface area contributed by atoms with Crippen molar-refractivity contribution in [2.45, 2.75) is 64.5 Å². The molecule has 1 N–H and O–H groups in total. The molecule has 134 valence electrons. The second-order valence-electron chi connectivity index (χ2n) is 7.90. The van der Waals surface area contributed by atoms with Gasteiger partial charge in [0.1, 0.15) is 6.61 Å². The standard InChI is InChI=1S/C20H27N3O2/c1-6-15(16-9-7-14(12-21)8-10-16)11-19(2,3)22-17(24)18-23-20(4,5)13-25-18/h7-10,15H,6,11,13H2,1-5H3,(H,22,24). The molecule has 0 spiro atoms. The van der Waals surface area contributed by atoms with Crippen LogP contribution in [-0.2, 0) is 9.53 Å². The van der Waals surface area contributed by atoms with Gasteiger partial charge in [-0.05, 0) is 64.2 Å². The molecule has 0 fully saturated rings. The summed E-state index contributed by atoms with van der Waals surface area (Å²) in [5, 5.41) is 12.0. The lowest BCUT2D eigenvalue weighted by molar-refractivity contribution is -0.117. The van der Waals surface area contributed by atoms with Gasteiger partial charge in [-0.1, -0.05) is 19.1 Å². The molecule has 1 aliphatic heterocycles. The van der Waals surface area contributed by atoms with Gasteiger partial charge in [0.25, 0.3) is 5.90 Å². The third kappa shape index (κ3) is 5.06. The van der Waals surface area contributed by atoms with Crippen LogP contribution in [0.5, 0.6) is 0 Å². The zero-order valence-corrected chi connectivity index (χ0v) is 15.7. The molecule has 0 bridgehead atoms. The van der Waals surface area contributed by atoms with Crippen LogP contribution in [0.15, 0.2) is 29.3 Å². The maximum Gasteiger partial charge on any atom is 0.306 e. The summed E-state index contributed by atoms with van der Waals surface area (Å²) in [6, 6.07) is 9.81. The summed E-state index contributed by atoms with van der Waals surface area (Å²) in [5.41, 5.74) is 1.10. The Balaban J connectivity index is 2.05. The number of carbonyl (C=O) groups excluding carboxylic acids is 1. The van der Waals surface area contributed by atoms with Gasteiger partial charge < -0.3 is 10.1 Å². The molecule has 1 atom stereocenters. The summed E-state index contributed by atoms with van der Waals surface area (Å²) in [5.74, 6) is 0.209. The third-order valence-electron chi connectivity index (χ3n) is 4.37. The lowest BCUT2D eigenvalue weighted by Gasteiger charge is -2.30. The Kier molecular flexibility index (Phi) is 5.52. The fourth-order valence-corrected chi connectivity index (χ4v) is 3.06. The molecule has 25 heavy (non-hydrogen) atoms. The molecule has 0 saturated heterocycles. The minimum Gasteiger partial charge on any atom is -0.471 e. The van der Waals surface area contributed by atoms with Gasteiger partial charge >= 0.3 is 5.91 Å². The number of nitrogens with zero attached hydrogens (tertiary/aromatic N) is 2. The molecule has 1 aliphatic rings. The van der Waals surface area contributed by atoms with Gasteiger partial charge in [-0.15, -0.1) is 0 Å². The van der Waals surface area contributed by atoms with Crippen molar-refractivity contribution in [2.24, 2.45) is 4.99 Å². The smallest absolute Gasteiger partial charge is 0.306 e. The Morgan fingerprint density at radius 3 is 2.52 bits per heavy atom. The lowest BCUT2D eigenvalue weighted by Crippen LogP contribution is -2.47. The summed E-state index contributed by atoms with van der Waals surface area (Å²) in [6.07, 6.45) is 1.74. The molecular formula is C20H27N3O2. The average molecular weight is 341 g/mol. The molecule has 1 amide bonds. The highest BCUT2D eigenvalue weighted by Crippen LogP contribution is 2.29. The highest BCUT2D eigenvalue weighted by molar-refractivity contribution is 6.35. The van der Waals surface area contributed by atoms with Crippen molar-refractivity contribution in [1.82, 2.24) is 5.32 Å². The van der Waals surface area contributed by atoms with Crippen LogP contribution in [0.4, 0.5) is 0 Å². The topological polar surface area (TPSA) is 74.5 Å². The molecule has 0 saturated carbocycles. The second-order valence-corrected chi connectivity index (χ2v) is 7.90. The Bertz CT molecular complexity index is 697.